The van der Waals surface area contributed by atoms with E-state index in [9.17, 15) is 13.2 Å². The molecular formula is C22H18N2O3S. The number of anilines is 2. The fourth-order valence-corrected chi connectivity index (χ4v) is 3.86. The predicted molar refractivity (Wildman–Crippen MR) is 113 cm³/mol. The fourth-order valence-electron chi connectivity index (χ4n) is 3.31. The van der Waals surface area contributed by atoms with Gasteiger partial charge in [-0.1, -0.05) is 48.5 Å². The molecule has 0 bridgehead atoms. The van der Waals surface area contributed by atoms with Gasteiger partial charge >= 0.3 is 0 Å². The van der Waals surface area contributed by atoms with Crippen molar-refractivity contribution >= 4 is 39.0 Å². The first-order chi connectivity index (χ1) is 13.4. The lowest BCUT2D eigenvalue weighted by molar-refractivity contribution is 0.102. The normalized spacial score (nSPS) is 14.6. The smallest absolute Gasteiger partial charge is 0.256 e. The van der Waals surface area contributed by atoms with Crippen molar-refractivity contribution < 1.29 is 13.2 Å². The second-order valence-electron chi connectivity index (χ2n) is 6.60. The van der Waals surface area contributed by atoms with Crippen LogP contribution in [0.2, 0.25) is 0 Å². The molecule has 0 aliphatic carbocycles. The van der Waals surface area contributed by atoms with Gasteiger partial charge < -0.3 is 5.32 Å². The first-order valence-corrected chi connectivity index (χ1v) is 10.6. The number of carbonyl (C=O) groups is 1. The van der Waals surface area contributed by atoms with Gasteiger partial charge in [-0.05, 0) is 47.0 Å². The number of hydrogen-bond donors (Lipinski definition) is 2. The van der Waals surface area contributed by atoms with Gasteiger partial charge in [0, 0.05) is 22.5 Å². The molecule has 4 rings (SSSR count). The maximum atomic E-state index is 12.7. The Morgan fingerprint density at radius 2 is 1.54 bits per heavy atom. The van der Waals surface area contributed by atoms with E-state index in [-0.39, 0.29) is 5.91 Å². The van der Waals surface area contributed by atoms with Crippen molar-refractivity contribution in [2.45, 2.75) is 0 Å². The number of sulfonamides is 1. The zero-order chi connectivity index (χ0) is 19.7. The molecule has 5 nitrogen and oxygen atoms in total. The number of para-hydroxylation sites is 1. The first kappa shape index (κ1) is 18.0. The Morgan fingerprint density at radius 1 is 0.857 bits per heavy atom. The molecule has 3 aromatic carbocycles. The van der Waals surface area contributed by atoms with Gasteiger partial charge in [0.15, 0.2) is 0 Å². The molecular weight excluding hydrogens is 372 g/mol. The number of benzene rings is 3. The zero-order valence-corrected chi connectivity index (χ0v) is 16.0. The lowest BCUT2D eigenvalue weighted by atomic mass is 9.92. The van der Waals surface area contributed by atoms with Gasteiger partial charge in [-0.15, -0.1) is 0 Å². The van der Waals surface area contributed by atoms with Crippen LogP contribution in [0.25, 0.3) is 11.6 Å². The largest absolute Gasteiger partial charge is 0.321 e. The van der Waals surface area contributed by atoms with E-state index in [4.69, 9.17) is 0 Å². The van der Waals surface area contributed by atoms with Gasteiger partial charge in [-0.2, -0.15) is 0 Å². The highest BCUT2D eigenvalue weighted by Gasteiger charge is 2.22. The molecule has 1 heterocycles. The Labute approximate surface area is 163 Å². The summed E-state index contributed by atoms with van der Waals surface area (Å²) in [5, 5.41) is 2.97. The molecule has 0 radical (unpaired) electrons. The van der Waals surface area contributed by atoms with Crippen LogP contribution in [-0.2, 0) is 10.0 Å². The van der Waals surface area contributed by atoms with Crippen LogP contribution in [0.4, 0.5) is 11.4 Å². The number of amides is 1. The van der Waals surface area contributed by atoms with Crippen molar-refractivity contribution in [2.24, 2.45) is 0 Å². The summed E-state index contributed by atoms with van der Waals surface area (Å²) in [5.41, 5.74) is 5.26. The van der Waals surface area contributed by atoms with Crippen LogP contribution in [0.5, 0.6) is 0 Å². The first-order valence-electron chi connectivity index (χ1n) is 8.70. The Hall–Kier alpha value is -3.38. The second-order valence-corrected chi connectivity index (χ2v) is 8.35. The third kappa shape index (κ3) is 3.68. The van der Waals surface area contributed by atoms with Crippen LogP contribution in [0, 0.1) is 0 Å². The Morgan fingerprint density at radius 3 is 2.29 bits per heavy atom. The summed E-state index contributed by atoms with van der Waals surface area (Å²) < 4.78 is 25.6. The molecule has 140 valence electrons. The average molecular weight is 390 g/mol. The van der Waals surface area contributed by atoms with Crippen molar-refractivity contribution in [1.82, 2.24) is 0 Å². The van der Waals surface area contributed by atoms with Crippen LogP contribution in [0.15, 0.2) is 72.8 Å². The highest BCUT2D eigenvalue weighted by atomic mass is 32.2. The van der Waals surface area contributed by atoms with Crippen LogP contribution in [0.1, 0.15) is 27.0 Å². The predicted octanol–water partition coefficient (Wildman–Crippen LogP) is 4.21. The molecule has 0 atom stereocenters. The second kappa shape index (κ2) is 6.98. The molecule has 2 N–H and O–H groups in total. The number of fused-ring (bicyclic) bond motifs is 2. The fraction of sp³-hybridized carbons (Fsp3) is 0.0455. The monoisotopic (exact) mass is 390 g/mol. The highest BCUT2D eigenvalue weighted by Crippen LogP contribution is 2.36. The van der Waals surface area contributed by atoms with Crippen molar-refractivity contribution in [3.8, 4) is 0 Å². The molecule has 6 heteroatoms. The van der Waals surface area contributed by atoms with Gasteiger partial charge in [0.25, 0.3) is 5.91 Å². The highest BCUT2D eigenvalue weighted by molar-refractivity contribution is 7.92. The Balaban J connectivity index is 1.91. The minimum absolute atomic E-state index is 0.154. The SMILES string of the molecule is CS(=O)(=O)Nc1cccc(C=C2c3ccccc3NC(=O)c3ccccc32)c1. The minimum atomic E-state index is -3.36. The standard InChI is InChI=1S/C22H18N2O3S/c1-28(26,27)24-16-8-6-7-15(13-16)14-20-17-9-2-3-11-19(17)22(25)23-21-12-5-4-10-18(20)21/h2-14,24H,1H3,(H,23,25). The van der Waals surface area contributed by atoms with Gasteiger partial charge in [0.1, 0.15) is 0 Å². The molecule has 0 unspecified atom stereocenters. The van der Waals surface area contributed by atoms with Crippen LogP contribution in [-0.4, -0.2) is 20.6 Å². The van der Waals surface area contributed by atoms with E-state index in [0.717, 1.165) is 34.2 Å². The quantitative estimate of drug-likeness (QED) is 0.703. The van der Waals surface area contributed by atoms with Gasteiger partial charge in [-0.3, -0.25) is 9.52 Å². The molecule has 0 saturated heterocycles. The molecule has 3 aromatic rings. The molecule has 0 saturated carbocycles. The van der Waals surface area contributed by atoms with E-state index >= 15 is 0 Å². The van der Waals surface area contributed by atoms with E-state index in [2.05, 4.69) is 10.0 Å². The van der Waals surface area contributed by atoms with Crippen molar-refractivity contribution in [2.75, 3.05) is 16.3 Å². The van der Waals surface area contributed by atoms with Crippen LogP contribution < -0.4 is 10.0 Å². The van der Waals surface area contributed by atoms with Crippen molar-refractivity contribution in [3.63, 3.8) is 0 Å². The summed E-state index contributed by atoms with van der Waals surface area (Å²) in [6.07, 6.45) is 3.08. The van der Waals surface area contributed by atoms with Crippen LogP contribution >= 0.6 is 0 Å². The summed E-state index contributed by atoms with van der Waals surface area (Å²) in [5.74, 6) is -0.154. The summed E-state index contributed by atoms with van der Waals surface area (Å²) >= 11 is 0. The number of nitrogens with one attached hydrogen (secondary N) is 2. The average Bonchev–Trinajstić information content (AvgIpc) is 2.76. The van der Waals surface area contributed by atoms with Gasteiger partial charge in [0.05, 0.1) is 6.26 Å². The maximum Gasteiger partial charge on any atom is 0.256 e. The van der Waals surface area contributed by atoms with Gasteiger partial charge in [-0.25, -0.2) is 8.42 Å². The molecule has 1 aliphatic rings. The summed E-state index contributed by atoms with van der Waals surface area (Å²) in [4.78, 5) is 12.7. The van der Waals surface area contributed by atoms with E-state index in [1.807, 2.05) is 54.6 Å². The Kier molecular flexibility index (Phi) is 4.49. The molecule has 1 amide bonds. The van der Waals surface area contributed by atoms with E-state index in [1.54, 1.807) is 24.3 Å². The zero-order valence-electron chi connectivity index (χ0n) is 15.1. The van der Waals surface area contributed by atoms with E-state index in [0.29, 0.717) is 11.3 Å². The molecule has 1 aliphatic heterocycles. The summed E-state index contributed by atoms with van der Waals surface area (Å²) in [7, 11) is -3.36. The maximum absolute atomic E-state index is 12.7. The molecule has 28 heavy (non-hydrogen) atoms. The van der Waals surface area contributed by atoms with Crippen molar-refractivity contribution in [3.05, 3.63) is 95.1 Å². The topological polar surface area (TPSA) is 75.3 Å². The summed E-state index contributed by atoms with van der Waals surface area (Å²) in [6.45, 7) is 0. The molecule has 0 aromatic heterocycles. The third-order valence-corrected chi connectivity index (χ3v) is 5.03. The lowest BCUT2D eigenvalue weighted by Gasteiger charge is -2.11. The molecule has 0 fully saturated rings. The molecule has 0 spiro atoms. The van der Waals surface area contributed by atoms with E-state index in [1.165, 1.54) is 0 Å². The third-order valence-electron chi connectivity index (χ3n) is 4.43. The Bertz CT molecular complexity index is 1210. The number of carbonyl (C=O) groups excluding carboxylic acids is 1. The lowest BCUT2D eigenvalue weighted by Crippen LogP contribution is -2.11. The summed E-state index contributed by atoms with van der Waals surface area (Å²) in [6, 6.07) is 22.2. The van der Waals surface area contributed by atoms with E-state index < -0.39 is 10.0 Å². The number of hydrogen-bond acceptors (Lipinski definition) is 3. The van der Waals surface area contributed by atoms with Crippen molar-refractivity contribution in [1.29, 1.82) is 0 Å². The van der Waals surface area contributed by atoms with Gasteiger partial charge in [0.2, 0.25) is 10.0 Å². The minimum Gasteiger partial charge on any atom is -0.321 e. The van der Waals surface area contributed by atoms with Crippen LogP contribution in [0.3, 0.4) is 0 Å². The number of rotatable bonds is 3.